The van der Waals surface area contributed by atoms with Crippen molar-refractivity contribution in [2.75, 3.05) is 24.5 Å². The summed E-state index contributed by atoms with van der Waals surface area (Å²) in [6.07, 6.45) is 5.38. The number of aromatic nitrogens is 3. The molecular weight excluding hydrogens is 453 g/mol. The summed E-state index contributed by atoms with van der Waals surface area (Å²) in [5.41, 5.74) is 2.39. The number of carbonyl (C=O) groups is 2. The van der Waals surface area contributed by atoms with E-state index < -0.39 is 0 Å². The summed E-state index contributed by atoms with van der Waals surface area (Å²) < 4.78 is 13.3. The lowest BCUT2D eigenvalue weighted by atomic mass is 9.97. The molecule has 0 radical (unpaired) electrons. The van der Waals surface area contributed by atoms with Gasteiger partial charge < -0.3 is 10.2 Å². The zero-order chi connectivity index (χ0) is 23.5. The number of carbonyl (C=O) groups excluding carboxylic acids is 2. The lowest BCUT2D eigenvalue weighted by Gasteiger charge is -2.32. The van der Waals surface area contributed by atoms with E-state index in [-0.39, 0.29) is 23.1 Å². The number of Topliss-reactive ketones (excluding diaryl/α,β-unsaturated/α-hetero) is 1. The highest BCUT2D eigenvalue weighted by molar-refractivity contribution is 8.18. The van der Waals surface area contributed by atoms with Crippen LogP contribution in [0.15, 0.2) is 47.5 Å². The number of halogens is 1. The molecule has 34 heavy (non-hydrogen) atoms. The monoisotopic (exact) mass is 477 g/mol. The second-order valence-electron chi connectivity index (χ2n) is 8.57. The van der Waals surface area contributed by atoms with E-state index in [2.05, 4.69) is 25.2 Å². The smallest absolute Gasteiger partial charge is 0.225 e. The third kappa shape index (κ3) is 5.31. The van der Waals surface area contributed by atoms with Crippen molar-refractivity contribution < 1.29 is 14.0 Å². The van der Waals surface area contributed by atoms with Gasteiger partial charge in [0.1, 0.15) is 5.82 Å². The zero-order valence-corrected chi connectivity index (χ0v) is 19.4. The third-order valence-electron chi connectivity index (χ3n) is 6.09. The van der Waals surface area contributed by atoms with Crippen LogP contribution < -0.4 is 10.2 Å². The van der Waals surface area contributed by atoms with Crippen LogP contribution in [0.3, 0.4) is 0 Å². The summed E-state index contributed by atoms with van der Waals surface area (Å²) in [6, 6.07) is 10.2. The van der Waals surface area contributed by atoms with Crippen molar-refractivity contribution in [1.82, 2.24) is 20.3 Å². The summed E-state index contributed by atoms with van der Waals surface area (Å²) in [5.74, 6) is 0.810. The van der Waals surface area contributed by atoms with Crippen molar-refractivity contribution >= 4 is 45.6 Å². The molecule has 2 aliphatic heterocycles. The van der Waals surface area contributed by atoms with Gasteiger partial charge in [-0.1, -0.05) is 6.07 Å². The van der Waals surface area contributed by atoms with Crippen LogP contribution in [0.5, 0.6) is 0 Å². The number of ketones is 1. The molecule has 7 nitrogen and oxygen atoms in total. The molecule has 2 fully saturated rings. The van der Waals surface area contributed by atoms with E-state index in [0.29, 0.717) is 29.0 Å². The van der Waals surface area contributed by atoms with Crippen molar-refractivity contribution in [3.63, 3.8) is 0 Å². The first-order valence-corrected chi connectivity index (χ1v) is 12.1. The molecule has 0 bridgehead atoms. The topological polar surface area (TPSA) is 88.1 Å². The maximum atomic E-state index is 13.3. The molecule has 4 heterocycles. The molecule has 2 saturated heterocycles. The van der Waals surface area contributed by atoms with E-state index in [9.17, 15) is 14.0 Å². The molecule has 1 N–H and O–H groups in total. The standard InChI is InChI=1S/C25H24FN5O2S/c26-18-2-4-21-17(11-18)1-3-20(29-21)15-27-14-16-6-9-31(10-7-16)25-28-8-5-19(30-25)12-23-22(32)13-24(33)34-23/h1-5,8,11-12,16,27H,6-7,9-10,13-15H2/b23-12-. The molecule has 3 aromatic rings. The summed E-state index contributed by atoms with van der Waals surface area (Å²) in [6.45, 7) is 3.29. The number of nitrogens with zero attached hydrogens (tertiary/aromatic N) is 4. The first-order valence-electron chi connectivity index (χ1n) is 11.3. The van der Waals surface area contributed by atoms with Crippen LogP contribution in [0.2, 0.25) is 0 Å². The van der Waals surface area contributed by atoms with Gasteiger partial charge in [0.2, 0.25) is 11.1 Å². The van der Waals surface area contributed by atoms with Crippen molar-refractivity contribution in [1.29, 1.82) is 0 Å². The maximum absolute atomic E-state index is 13.3. The fourth-order valence-corrected chi connectivity index (χ4v) is 5.07. The third-order valence-corrected chi connectivity index (χ3v) is 7.03. The van der Waals surface area contributed by atoms with Gasteiger partial charge in [-0.3, -0.25) is 14.6 Å². The minimum Gasteiger partial charge on any atom is -0.341 e. The molecule has 5 rings (SSSR count). The Morgan fingerprint density at radius 3 is 2.76 bits per heavy atom. The van der Waals surface area contributed by atoms with E-state index in [1.807, 2.05) is 12.1 Å². The first-order chi connectivity index (χ1) is 16.5. The van der Waals surface area contributed by atoms with E-state index in [0.717, 1.165) is 60.8 Å². The van der Waals surface area contributed by atoms with Crippen LogP contribution in [0.1, 0.15) is 30.7 Å². The molecule has 0 spiro atoms. The lowest BCUT2D eigenvalue weighted by Crippen LogP contribution is -2.38. The van der Waals surface area contributed by atoms with Gasteiger partial charge in [0.15, 0.2) is 5.78 Å². The fraction of sp³-hybridized carbons (Fsp3) is 0.320. The van der Waals surface area contributed by atoms with Gasteiger partial charge in [0.05, 0.1) is 28.2 Å². The van der Waals surface area contributed by atoms with Crippen LogP contribution in [0, 0.1) is 11.7 Å². The first kappa shape index (κ1) is 22.6. The van der Waals surface area contributed by atoms with Crippen LogP contribution in [0.4, 0.5) is 10.3 Å². The van der Waals surface area contributed by atoms with Crippen molar-refractivity contribution in [2.45, 2.75) is 25.8 Å². The van der Waals surface area contributed by atoms with Crippen LogP contribution in [-0.2, 0) is 16.1 Å². The van der Waals surface area contributed by atoms with Crippen LogP contribution in [-0.4, -0.2) is 45.5 Å². The Hall–Kier alpha value is -3.17. The highest BCUT2D eigenvalue weighted by Crippen LogP contribution is 2.30. The quantitative estimate of drug-likeness (QED) is 0.424. The number of piperidine rings is 1. The van der Waals surface area contributed by atoms with Gasteiger partial charge >= 0.3 is 0 Å². The van der Waals surface area contributed by atoms with E-state index in [1.54, 1.807) is 24.4 Å². The van der Waals surface area contributed by atoms with Crippen LogP contribution in [0.25, 0.3) is 17.0 Å². The number of benzene rings is 1. The zero-order valence-electron chi connectivity index (χ0n) is 18.5. The second kappa shape index (κ2) is 9.99. The van der Waals surface area contributed by atoms with Gasteiger partial charge in [-0.15, -0.1) is 0 Å². The number of anilines is 1. The number of thioether (sulfide) groups is 1. The molecule has 1 aromatic carbocycles. The fourth-order valence-electron chi connectivity index (χ4n) is 4.25. The molecule has 9 heteroatoms. The summed E-state index contributed by atoms with van der Waals surface area (Å²) >= 11 is 0.989. The average Bonchev–Trinajstić information content (AvgIpc) is 3.16. The summed E-state index contributed by atoms with van der Waals surface area (Å²) in [5, 5.41) is 4.19. The lowest BCUT2D eigenvalue weighted by molar-refractivity contribution is -0.119. The number of nitrogens with one attached hydrogen (secondary N) is 1. The molecule has 0 unspecified atom stereocenters. The molecule has 0 atom stereocenters. The predicted octanol–water partition coefficient (Wildman–Crippen LogP) is 3.74. The highest BCUT2D eigenvalue weighted by Gasteiger charge is 2.26. The molecule has 0 amide bonds. The van der Waals surface area contributed by atoms with Gasteiger partial charge in [0.25, 0.3) is 0 Å². The summed E-state index contributed by atoms with van der Waals surface area (Å²) in [7, 11) is 0. The molecule has 2 aliphatic rings. The number of hydrogen-bond donors (Lipinski definition) is 1. The van der Waals surface area contributed by atoms with E-state index in [4.69, 9.17) is 0 Å². The minimum absolute atomic E-state index is 0.0348. The van der Waals surface area contributed by atoms with Gasteiger partial charge in [-0.05, 0) is 73.5 Å². The van der Waals surface area contributed by atoms with Crippen molar-refractivity contribution in [3.8, 4) is 0 Å². The Balaban J connectivity index is 1.12. The molecule has 174 valence electrons. The molecule has 2 aromatic heterocycles. The van der Waals surface area contributed by atoms with E-state index >= 15 is 0 Å². The number of hydrogen-bond acceptors (Lipinski definition) is 8. The van der Waals surface area contributed by atoms with E-state index in [1.165, 1.54) is 12.1 Å². The largest absolute Gasteiger partial charge is 0.341 e. The number of rotatable bonds is 6. The SMILES string of the molecule is O=C1CC(=O)/C(=C/c2ccnc(N3CCC(CNCc4ccc5cc(F)ccc5n4)CC3)n2)S1. The molecule has 0 saturated carbocycles. The van der Waals surface area contributed by atoms with Crippen molar-refractivity contribution in [3.05, 3.63) is 64.7 Å². The minimum atomic E-state index is -0.250. The Morgan fingerprint density at radius 1 is 1.12 bits per heavy atom. The normalized spacial score (nSPS) is 18.4. The van der Waals surface area contributed by atoms with Gasteiger partial charge in [-0.2, -0.15) is 0 Å². The maximum Gasteiger partial charge on any atom is 0.225 e. The molecular formula is C25H24FN5O2S. The molecule has 0 aliphatic carbocycles. The number of fused-ring (bicyclic) bond motifs is 1. The van der Waals surface area contributed by atoms with Gasteiger partial charge in [-0.25, -0.2) is 14.4 Å². The Morgan fingerprint density at radius 2 is 1.97 bits per heavy atom. The highest BCUT2D eigenvalue weighted by atomic mass is 32.2. The summed E-state index contributed by atoms with van der Waals surface area (Å²) in [4.78, 5) is 39.5. The average molecular weight is 478 g/mol. The van der Waals surface area contributed by atoms with Crippen molar-refractivity contribution in [2.24, 2.45) is 5.92 Å². The Kier molecular flexibility index (Phi) is 6.64. The number of allylic oxidation sites excluding steroid dienone is 1. The predicted molar refractivity (Wildman–Crippen MR) is 131 cm³/mol. The second-order valence-corrected chi connectivity index (χ2v) is 9.66. The van der Waals surface area contributed by atoms with Gasteiger partial charge in [0, 0.05) is 31.2 Å². The Labute approximate surface area is 200 Å². The Bertz CT molecular complexity index is 1270. The number of pyridine rings is 1. The van der Waals surface area contributed by atoms with Crippen LogP contribution >= 0.6 is 11.8 Å².